The summed E-state index contributed by atoms with van der Waals surface area (Å²) < 4.78 is 37.8. The Morgan fingerprint density at radius 1 is 1.19 bits per heavy atom. The van der Waals surface area contributed by atoms with Crippen LogP contribution in [0.3, 0.4) is 0 Å². The van der Waals surface area contributed by atoms with Crippen molar-refractivity contribution >= 4 is 27.8 Å². The van der Waals surface area contributed by atoms with Gasteiger partial charge < -0.3 is 14.4 Å². The van der Waals surface area contributed by atoms with Gasteiger partial charge in [-0.1, -0.05) is 5.16 Å². The third-order valence-electron chi connectivity index (χ3n) is 4.43. The van der Waals surface area contributed by atoms with Gasteiger partial charge in [-0.05, 0) is 50.2 Å². The molecule has 0 fully saturated rings. The molecule has 1 aromatic carbocycles. The molecular formula is C21H23N3O6S2. The summed E-state index contributed by atoms with van der Waals surface area (Å²) in [5.41, 5.74) is 0.664. The molecule has 3 aromatic rings. The number of carbonyl (C=O) groups is 1. The molecule has 0 amide bonds. The van der Waals surface area contributed by atoms with Gasteiger partial charge in [-0.3, -0.25) is 9.78 Å². The second-order valence-corrected chi connectivity index (χ2v) is 10.6. The number of hydrogen-bond acceptors (Lipinski definition) is 8. The summed E-state index contributed by atoms with van der Waals surface area (Å²) in [6, 6.07) is 11.1. The number of hydrogen-bond donors (Lipinski definition) is 2. The number of aromatic nitrogens is 2. The Balaban J connectivity index is 1.65. The fourth-order valence-corrected chi connectivity index (χ4v) is 5.07. The first kappa shape index (κ1) is 23.8. The number of rotatable bonds is 11. The van der Waals surface area contributed by atoms with Crippen molar-refractivity contribution in [2.24, 2.45) is 0 Å². The molecule has 0 spiro atoms. The number of carboxylic acids is 1. The van der Waals surface area contributed by atoms with E-state index in [-0.39, 0.29) is 17.9 Å². The summed E-state index contributed by atoms with van der Waals surface area (Å²) in [4.78, 5) is 15.3. The lowest BCUT2D eigenvalue weighted by molar-refractivity contribution is -0.137. The van der Waals surface area contributed by atoms with Crippen LogP contribution >= 0.6 is 11.8 Å². The van der Waals surface area contributed by atoms with E-state index in [9.17, 15) is 18.3 Å². The largest absolute Gasteiger partial charge is 0.481 e. The van der Waals surface area contributed by atoms with E-state index in [0.29, 0.717) is 28.7 Å². The van der Waals surface area contributed by atoms with Gasteiger partial charge in [-0.15, -0.1) is 11.8 Å². The number of ether oxygens (including phenoxy) is 1. The van der Waals surface area contributed by atoms with E-state index in [4.69, 9.17) is 9.26 Å². The highest BCUT2D eigenvalue weighted by atomic mass is 32.2. The summed E-state index contributed by atoms with van der Waals surface area (Å²) in [5.74, 6) is 1.08. The van der Waals surface area contributed by atoms with Crippen molar-refractivity contribution in [1.82, 2.24) is 14.9 Å². The Bertz CT molecular complexity index is 1150. The van der Waals surface area contributed by atoms with Crippen LogP contribution in [0.25, 0.3) is 0 Å². The topological polar surface area (TPSA) is 132 Å². The first-order valence-corrected chi connectivity index (χ1v) is 12.1. The first-order chi connectivity index (χ1) is 15.2. The van der Waals surface area contributed by atoms with Crippen LogP contribution in [-0.4, -0.2) is 40.9 Å². The van der Waals surface area contributed by atoms with E-state index >= 15 is 0 Å². The van der Waals surface area contributed by atoms with Crippen molar-refractivity contribution in [2.75, 3.05) is 6.54 Å². The van der Waals surface area contributed by atoms with Crippen LogP contribution in [0.1, 0.15) is 24.8 Å². The SMILES string of the molecule is Cc1cc(CSC(C)(CNS(=O)(=O)c2ccc(Oc3ccncc3)cc2)CC(=O)O)no1. The summed E-state index contributed by atoms with van der Waals surface area (Å²) >= 11 is 1.30. The molecule has 0 radical (unpaired) electrons. The number of carboxylic acid groups (broad SMARTS) is 1. The number of nitrogens with zero attached hydrogens (tertiary/aromatic N) is 2. The molecule has 2 aromatic heterocycles. The number of pyridine rings is 1. The average Bonchev–Trinajstić information content (AvgIpc) is 3.17. The Labute approximate surface area is 190 Å². The molecule has 0 aliphatic rings. The maximum Gasteiger partial charge on any atom is 0.304 e. The smallest absolute Gasteiger partial charge is 0.304 e. The number of nitrogens with one attached hydrogen (secondary N) is 1. The van der Waals surface area contributed by atoms with Crippen molar-refractivity contribution in [3.63, 3.8) is 0 Å². The van der Waals surface area contributed by atoms with E-state index in [1.807, 2.05) is 0 Å². The number of thioether (sulfide) groups is 1. The molecule has 1 atom stereocenters. The number of sulfonamides is 1. The van der Waals surface area contributed by atoms with E-state index in [0.717, 1.165) is 0 Å². The zero-order chi connectivity index (χ0) is 23.2. The minimum atomic E-state index is -3.85. The lowest BCUT2D eigenvalue weighted by Gasteiger charge is -2.27. The summed E-state index contributed by atoms with van der Waals surface area (Å²) in [6.45, 7) is 3.39. The van der Waals surface area contributed by atoms with E-state index in [2.05, 4.69) is 14.9 Å². The average molecular weight is 478 g/mol. The van der Waals surface area contributed by atoms with Gasteiger partial charge in [0.25, 0.3) is 0 Å². The molecule has 0 saturated heterocycles. The fraction of sp³-hybridized carbons (Fsp3) is 0.286. The predicted octanol–water partition coefficient (Wildman–Crippen LogP) is 3.62. The molecule has 0 aliphatic carbocycles. The van der Waals surface area contributed by atoms with Gasteiger partial charge in [0, 0.05) is 35.5 Å². The van der Waals surface area contributed by atoms with Gasteiger partial charge >= 0.3 is 5.97 Å². The highest BCUT2D eigenvalue weighted by Gasteiger charge is 2.31. The van der Waals surface area contributed by atoms with Crippen LogP contribution in [0.15, 0.2) is 64.3 Å². The normalized spacial score (nSPS) is 13.4. The third kappa shape index (κ3) is 6.81. The Morgan fingerprint density at radius 2 is 1.84 bits per heavy atom. The Morgan fingerprint density at radius 3 is 2.44 bits per heavy atom. The molecule has 0 saturated carbocycles. The van der Waals surface area contributed by atoms with Crippen molar-refractivity contribution in [3.05, 3.63) is 66.3 Å². The zero-order valence-corrected chi connectivity index (χ0v) is 19.1. The van der Waals surface area contributed by atoms with Crippen LogP contribution in [0.5, 0.6) is 11.5 Å². The van der Waals surface area contributed by atoms with Gasteiger partial charge in [-0.25, -0.2) is 13.1 Å². The predicted molar refractivity (Wildman–Crippen MR) is 119 cm³/mol. The molecule has 0 bridgehead atoms. The van der Waals surface area contributed by atoms with Crippen molar-refractivity contribution in [1.29, 1.82) is 0 Å². The molecule has 3 rings (SSSR count). The Hall–Kier alpha value is -2.89. The third-order valence-corrected chi connectivity index (χ3v) is 7.27. The van der Waals surface area contributed by atoms with Crippen LogP contribution in [0, 0.1) is 6.92 Å². The highest BCUT2D eigenvalue weighted by molar-refractivity contribution is 8.00. The molecule has 32 heavy (non-hydrogen) atoms. The van der Waals surface area contributed by atoms with Crippen molar-refractivity contribution in [2.45, 2.75) is 35.7 Å². The summed E-state index contributed by atoms with van der Waals surface area (Å²) in [5, 5.41) is 13.2. The van der Waals surface area contributed by atoms with E-state index < -0.39 is 20.7 Å². The Kier molecular flexibility index (Phi) is 7.54. The van der Waals surface area contributed by atoms with E-state index in [1.165, 1.54) is 23.9 Å². The van der Waals surface area contributed by atoms with Gasteiger partial charge in [0.15, 0.2) is 0 Å². The minimum Gasteiger partial charge on any atom is -0.481 e. The van der Waals surface area contributed by atoms with Crippen LogP contribution in [0.2, 0.25) is 0 Å². The quantitative estimate of drug-likeness (QED) is 0.425. The summed E-state index contributed by atoms with van der Waals surface area (Å²) in [6.07, 6.45) is 2.96. The second-order valence-electron chi connectivity index (χ2n) is 7.32. The maximum absolute atomic E-state index is 12.8. The van der Waals surface area contributed by atoms with E-state index in [1.54, 1.807) is 56.6 Å². The lowest BCUT2D eigenvalue weighted by Crippen LogP contribution is -2.40. The van der Waals surface area contributed by atoms with Crippen molar-refractivity contribution in [3.8, 4) is 11.5 Å². The molecule has 1 unspecified atom stereocenters. The maximum atomic E-state index is 12.8. The summed E-state index contributed by atoms with van der Waals surface area (Å²) in [7, 11) is -3.85. The van der Waals surface area contributed by atoms with Gasteiger partial charge in [0.1, 0.15) is 17.3 Å². The van der Waals surface area contributed by atoms with Gasteiger partial charge in [-0.2, -0.15) is 0 Å². The zero-order valence-electron chi connectivity index (χ0n) is 17.5. The van der Waals surface area contributed by atoms with Crippen LogP contribution in [0.4, 0.5) is 0 Å². The molecular weight excluding hydrogens is 454 g/mol. The first-order valence-electron chi connectivity index (χ1n) is 9.61. The molecule has 0 aliphatic heterocycles. The van der Waals surface area contributed by atoms with Gasteiger partial charge in [0.05, 0.1) is 17.0 Å². The molecule has 9 nitrogen and oxygen atoms in total. The molecule has 2 heterocycles. The monoisotopic (exact) mass is 477 g/mol. The molecule has 2 N–H and O–H groups in total. The number of benzene rings is 1. The number of aryl methyl sites for hydroxylation is 1. The second kappa shape index (κ2) is 10.2. The standard InChI is InChI=1S/C21H23N3O6S2/c1-15-11-16(24-30-15)13-31-21(2,12-20(25)26)14-23-32(27,28)19-5-3-17(4-6-19)29-18-7-9-22-10-8-18/h3-11,23H,12-14H2,1-2H3,(H,25,26). The fourth-order valence-electron chi connectivity index (χ4n) is 2.78. The lowest BCUT2D eigenvalue weighted by atomic mass is 10.1. The molecule has 170 valence electrons. The van der Waals surface area contributed by atoms with Crippen LogP contribution < -0.4 is 9.46 Å². The highest BCUT2D eigenvalue weighted by Crippen LogP contribution is 2.32. The minimum absolute atomic E-state index is 0.0504. The van der Waals surface area contributed by atoms with Crippen LogP contribution in [-0.2, 0) is 20.6 Å². The van der Waals surface area contributed by atoms with Gasteiger partial charge in [0.2, 0.25) is 10.0 Å². The number of aliphatic carboxylic acids is 1. The van der Waals surface area contributed by atoms with Crippen molar-refractivity contribution < 1.29 is 27.6 Å². The molecule has 11 heteroatoms.